The minimum atomic E-state index is -2.80. The monoisotopic (exact) mass is 915 g/mol. The van der Waals surface area contributed by atoms with E-state index in [4.69, 9.17) is 0 Å². The van der Waals surface area contributed by atoms with Crippen molar-refractivity contribution in [3.63, 3.8) is 0 Å². The quantitative estimate of drug-likeness (QED) is 0.141. The molecule has 0 aliphatic carbocycles. The highest BCUT2D eigenvalue weighted by Crippen LogP contribution is 2.48. The summed E-state index contributed by atoms with van der Waals surface area (Å²) in [7, 11) is -4.36. The van der Waals surface area contributed by atoms with Crippen LogP contribution in [0.3, 0.4) is 0 Å². The van der Waals surface area contributed by atoms with E-state index in [0.29, 0.717) is 0 Å². The van der Waals surface area contributed by atoms with Crippen LogP contribution >= 0.6 is 0 Å². The first-order chi connectivity index (χ1) is 33.9. The molecule has 0 aromatic heterocycles. The molecular formula is C63H50BN3Si2. The van der Waals surface area contributed by atoms with Crippen molar-refractivity contribution in [2.45, 2.75) is 19.6 Å². The van der Waals surface area contributed by atoms with Crippen LogP contribution in [0.15, 0.2) is 249 Å². The molecule has 328 valence electrons. The molecular weight excluding hydrogens is 866 g/mol. The first-order valence-electron chi connectivity index (χ1n) is 24.2. The van der Waals surface area contributed by atoms with Crippen molar-refractivity contribution in [2.24, 2.45) is 0 Å². The molecule has 0 N–H and O–H groups in total. The van der Waals surface area contributed by atoms with Crippen molar-refractivity contribution in [2.75, 3.05) is 14.7 Å². The topological polar surface area (TPSA) is 9.72 Å². The lowest BCUT2D eigenvalue weighted by Crippen LogP contribution is -2.72. The molecule has 13 rings (SSSR count). The molecule has 3 heterocycles. The lowest BCUT2D eigenvalue weighted by molar-refractivity contribution is 1.23. The van der Waals surface area contributed by atoms with Gasteiger partial charge in [-0.1, -0.05) is 201 Å². The first-order valence-corrected chi connectivity index (χ1v) is 29.7. The second kappa shape index (κ2) is 16.1. The molecule has 3 nitrogen and oxygen atoms in total. The molecule has 3 aliphatic heterocycles. The zero-order valence-corrected chi connectivity index (χ0v) is 41.1. The van der Waals surface area contributed by atoms with Gasteiger partial charge in [-0.15, -0.1) is 0 Å². The normalized spacial score (nSPS) is 13.8. The molecule has 6 heteroatoms. The Morgan fingerprint density at radius 2 is 0.855 bits per heavy atom. The Balaban J connectivity index is 1.12. The molecule has 0 saturated heterocycles. The SMILES string of the molecule is C[Si](C)(C)c1ccc(N(c2ccccc2)c2cc3c4c(c2)N(c2ccc5c(c2)[Si](c2ccccc2)(c2ccccc2)c2ccccc2-5)c2ccccc2B4c2ccccc2N3c2ccccc2)cc1. The number of fused-ring (bicyclic) bond motifs is 7. The lowest BCUT2D eigenvalue weighted by atomic mass is 9.33. The summed E-state index contributed by atoms with van der Waals surface area (Å²) in [5, 5.41) is 7.11. The average molecular weight is 916 g/mol. The molecule has 0 radical (unpaired) electrons. The molecule has 0 spiro atoms. The predicted molar refractivity (Wildman–Crippen MR) is 301 cm³/mol. The molecule has 0 fully saturated rings. The maximum Gasteiger partial charge on any atom is 0.252 e. The summed E-state index contributed by atoms with van der Waals surface area (Å²) in [5.41, 5.74) is 17.0. The van der Waals surface area contributed by atoms with Crippen LogP contribution < -0.4 is 57.0 Å². The van der Waals surface area contributed by atoms with E-state index in [1.807, 2.05) is 0 Å². The van der Waals surface area contributed by atoms with Crippen molar-refractivity contribution >= 4 is 116 Å². The van der Waals surface area contributed by atoms with Crippen molar-refractivity contribution < 1.29 is 0 Å². The second-order valence-electron chi connectivity index (χ2n) is 19.7. The van der Waals surface area contributed by atoms with Crippen LogP contribution in [-0.4, -0.2) is 22.9 Å². The van der Waals surface area contributed by atoms with E-state index in [1.165, 1.54) is 76.2 Å². The number of hydrogen-bond acceptors (Lipinski definition) is 3. The van der Waals surface area contributed by atoms with E-state index in [0.717, 1.165) is 28.4 Å². The lowest BCUT2D eigenvalue weighted by Gasteiger charge is -2.45. The molecule has 10 aromatic rings. The Kier molecular flexibility index (Phi) is 9.65. The van der Waals surface area contributed by atoms with Crippen LogP contribution in [-0.2, 0) is 0 Å². The summed E-state index contributed by atoms with van der Waals surface area (Å²) in [4.78, 5) is 7.57. The van der Waals surface area contributed by atoms with Crippen LogP contribution in [0.5, 0.6) is 0 Å². The van der Waals surface area contributed by atoms with Crippen LogP contribution in [0.25, 0.3) is 11.1 Å². The summed E-state index contributed by atoms with van der Waals surface area (Å²) in [6.45, 7) is 7.28. The molecule has 3 aliphatic rings. The van der Waals surface area contributed by atoms with Crippen LogP contribution in [0.2, 0.25) is 19.6 Å². The van der Waals surface area contributed by atoms with Crippen molar-refractivity contribution in [1.29, 1.82) is 0 Å². The molecule has 69 heavy (non-hydrogen) atoms. The fourth-order valence-electron chi connectivity index (χ4n) is 11.9. The molecule has 10 aromatic carbocycles. The molecule has 0 atom stereocenters. The summed E-state index contributed by atoms with van der Waals surface area (Å²) < 4.78 is 0. The minimum Gasteiger partial charge on any atom is -0.311 e. The Morgan fingerprint density at radius 1 is 0.377 bits per heavy atom. The van der Waals surface area contributed by atoms with Gasteiger partial charge in [0.2, 0.25) is 0 Å². The van der Waals surface area contributed by atoms with Gasteiger partial charge in [0.1, 0.15) is 0 Å². The highest BCUT2D eigenvalue weighted by molar-refractivity contribution is 7.22. The second-order valence-corrected chi connectivity index (χ2v) is 28.5. The van der Waals surface area contributed by atoms with Crippen molar-refractivity contribution in [3.8, 4) is 11.1 Å². The van der Waals surface area contributed by atoms with E-state index < -0.39 is 16.1 Å². The van der Waals surface area contributed by atoms with E-state index >= 15 is 0 Å². The first kappa shape index (κ1) is 41.3. The number of para-hydroxylation sites is 4. The summed E-state index contributed by atoms with van der Waals surface area (Å²) in [6.07, 6.45) is 0. The van der Waals surface area contributed by atoms with E-state index in [9.17, 15) is 0 Å². The summed E-state index contributed by atoms with van der Waals surface area (Å²) >= 11 is 0. The number of benzene rings is 10. The van der Waals surface area contributed by atoms with Gasteiger partial charge in [-0.05, 0) is 121 Å². The van der Waals surface area contributed by atoms with Gasteiger partial charge in [-0.3, -0.25) is 0 Å². The third kappa shape index (κ3) is 6.40. The van der Waals surface area contributed by atoms with Gasteiger partial charge in [0.05, 0.1) is 13.8 Å². The van der Waals surface area contributed by atoms with E-state index in [1.54, 1.807) is 0 Å². The number of nitrogens with zero attached hydrogens (tertiary/aromatic N) is 3. The van der Waals surface area contributed by atoms with Gasteiger partial charge in [0.25, 0.3) is 6.71 Å². The maximum atomic E-state index is 2.60. The molecule has 0 amide bonds. The fraction of sp³-hybridized carbons (Fsp3) is 0.0476. The van der Waals surface area contributed by atoms with Gasteiger partial charge >= 0.3 is 0 Å². The Morgan fingerprint density at radius 3 is 1.45 bits per heavy atom. The number of hydrogen-bond donors (Lipinski definition) is 0. The van der Waals surface area contributed by atoms with Gasteiger partial charge < -0.3 is 14.7 Å². The highest BCUT2D eigenvalue weighted by Gasteiger charge is 2.50. The number of rotatable bonds is 8. The van der Waals surface area contributed by atoms with Gasteiger partial charge in [-0.25, -0.2) is 0 Å². The summed E-state index contributed by atoms with van der Waals surface area (Å²) in [6, 6.07) is 93.8. The Bertz CT molecular complexity index is 3520. The molecule has 0 unspecified atom stereocenters. The average Bonchev–Trinajstić information content (AvgIpc) is 3.70. The van der Waals surface area contributed by atoms with Crippen molar-refractivity contribution in [1.82, 2.24) is 0 Å². The van der Waals surface area contributed by atoms with Crippen LogP contribution in [0.4, 0.5) is 51.2 Å². The van der Waals surface area contributed by atoms with Crippen LogP contribution in [0, 0.1) is 0 Å². The zero-order valence-electron chi connectivity index (χ0n) is 39.1. The van der Waals surface area contributed by atoms with Gasteiger partial charge in [0, 0.05) is 45.5 Å². The van der Waals surface area contributed by atoms with Crippen LogP contribution in [0.1, 0.15) is 0 Å². The van der Waals surface area contributed by atoms with E-state index in [2.05, 4.69) is 283 Å². The largest absolute Gasteiger partial charge is 0.311 e. The summed E-state index contributed by atoms with van der Waals surface area (Å²) in [5.74, 6) is 0. The Labute approximate surface area is 408 Å². The molecule has 0 bridgehead atoms. The smallest absolute Gasteiger partial charge is 0.252 e. The Hall–Kier alpha value is -7.90. The predicted octanol–water partition coefficient (Wildman–Crippen LogP) is 11.1. The maximum absolute atomic E-state index is 2.80. The van der Waals surface area contributed by atoms with Crippen molar-refractivity contribution in [3.05, 3.63) is 249 Å². The third-order valence-electron chi connectivity index (χ3n) is 14.8. The van der Waals surface area contributed by atoms with Gasteiger partial charge in [-0.2, -0.15) is 0 Å². The standard InChI is InChI=1S/C63H50BN3Si2/c1-68(2,3)50-39-36-47(37-40-50)65(45-22-8-4-9-23-45)49-42-59-63-60(43-49)67(58-34-20-18-32-56(58)64(63)55-31-17-19-33-57(55)66(59)46-24-10-5-11-25-46)48-38-41-54-53-30-16-21-35-61(53)69(62(54)44-48,51-26-12-6-13-27-51)52-28-14-7-15-29-52/h4-44H,1-3H3. The highest BCUT2D eigenvalue weighted by atomic mass is 28.3. The molecule has 0 saturated carbocycles. The minimum absolute atomic E-state index is 0.00894. The number of anilines is 9. The fourth-order valence-corrected chi connectivity index (χ4v) is 18.2. The third-order valence-corrected chi connectivity index (χ3v) is 21.8. The van der Waals surface area contributed by atoms with E-state index in [-0.39, 0.29) is 6.71 Å². The zero-order chi connectivity index (χ0) is 46.3. The van der Waals surface area contributed by atoms with Gasteiger partial charge in [0.15, 0.2) is 8.07 Å².